The second-order valence-electron chi connectivity index (χ2n) is 6.57. The van der Waals surface area contributed by atoms with Crippen LogP contribution < -0.4 is 5.56 Å². The van der Waals surface area contributed by atoms with E-state index in [0.717, 1.165) is 34.5 Å². The lowest BCUT2D eigenvalue weighted by molar-refractivity contribution is -0.138. The van der Waals surface area contributed by atoms with Gasteiger partial charge in [-0.15, -0.1) is 11.3 Å². The number of thiophene rings is 1. The van der Waals surface area contributed by atoms with Crippen LogP contribution in [0.5, 0.6) is 0 Å². The summed E-state index contributed by atoms with van der Waals surface area (Å²) in [6.45, 7) is 8.19. The Kier molecular flexibility index (Phi) is 4.27. The molecule has 0 radical (unpaired) electrons. The van der Waals surface area contributed by atoms with Gasteiger partial charge in [-0.3, -0.25) is 14.2 Å². The smallest absolute Gasteiger partial charge is 0.262 e. The van der Waals surface area contributed by atoms with E-state index in [1.807, 2.05) is 18.7 Å². The molecule has 1 aliphatic heterocycles. The van der Waals surface area contributed by atoms with Crippen molar-refractivity contribution in [2.75, 3.05) is 0 Å². The molecule has 23 heavy (non-hydrogen) atoms. The molecule has 1 aliphatic rings. The highest BCUT2D eigenvalue weighted by Crippen LogP contribution is 2.26. The first-order valence-corrected chi connectivity index (χ1v) is 8.98. The molecule has 2 atom stereocenters. The Balaban J connectivity index is 1.92. The minimum absolute atomic E-state index is 0.0116. The van der Waals surface area contributed by atoms with Gasteiger partial charge < -0.3 is 4.90 Å². The van der Waals surface area contributed by atoms with Gasteiger partial charge in [-0.05, 0) is 52.5 Å². The molecule has 3 heterocycles. The second kappa shape index (κ2) is 6.07. The summed E-state index contributed by atoms with van der Waals surface area (Å²) in [7, 11) is 0. The van der Waals surface area contributed by atoms with Crippen LogP contribution in [0.25, 0.3) is 10.2 Å². The van der Waals surface area contributed by atoms with E-state index in [0.29, 0.717) is 5.39 Å². The summed E-state index contributed by atoms with van der Waals surface area (Å²) in [5, 5.41) is 0.655. The average molecular weight is 333 g/mol. The first-order valence-electron chi connectivity index (χ1n) is 8.16. The first-order chi connectivity index (χ1) is 10.9. The standard InChI is InChI=1S/C17H23N3O2S/c1-10-6-5-7-11(2)20(10)14(21)8-19-9-18-16-15(17(19)22)12(3)13(4)23-16/h9-11H,5-8H2,1-4H3. The van der Waals surface area contributed by atoms with Crippen molar-refractivity contribution < 1.29 is 4.79 Å². The summed E-state index contributed by atoms with van der Waals surface area (Å²) in [6, 6.07) is 0.479. The number of fused-ring (bicyclic) bond motifs is 1. The predicted octanol–water partition coefficient (Wildman–Crippen LogP) is 2.86. The fraction of sp³-hybridized carbons (Fsp3) is 0.588. The number of rotatable bonds is 2. The van der Waals surface area contributed by atoms with Crippen molar-refractivity contribution in [2.45, 2.75) is 65.6 Å². The van der Waals surface area contributed by atoms with Gasteiger partial charge >= 0.3 is 0 Å². The Labute approximate surface area is 139 Å². The van der Waals surface area contributed by atoms with Gasteiger partial charge in [0, 0.05) is 17.0 Å². The van der Waals surface area contributed by atoms with Gasteiger partial charge in [-0.2, -0.15) is 0 Å². The molecule has 124 valence electrons. The van der Waals surface area contributed by atoms with Gasteiger partial charge in [0.05, 0.1) is 11.7 Å². The molecule has 0 N–H and O–H groups in total. The molecule has 1 amide bonds. The van der Waals surface area contributed by atoms with Crippen LogP contribution in [0.3, 0.4) is 0 Å². The van der Waals surface area contributed by atoms with E-state index >= 15 is 0 Å². The van der Waals surface area contributed by atoms with Crippen LogP contribution in [0.15, 0.2) is 11.1 Å². The van der Waals surface area contributed by atoms with Gasteiger partial charge in [-0.25, -0.2) is 4.98 Å². The van der Waals surface area contributed by atoms with E-state index in [2.05, 4.69) is 18.8 Å². The maximum atomic E-state index is 12.7. The number of carbonyl (C=O) groups excluding carboxylic acids is 1. The van der Waals surface area contributed by atoms with Crippen LogP contribution in [0.1, 0.15) is 43.6 Å². The second-order valence-corrected chi connectivity index (χ2v) is 7.77. The molecule has 5 nitrogen and oxygen atoms in total. The molecule has 1 saturated heterocycles. The Bertz CT molecular complexity index is 798. The van der Waals surface area contributed by atoms with Crippen molar-refractivity contribution in [3.63, 3.8) is 0 Å². The maximum absolute atomic E-state index is 12.7. The minimum Gasteiger partial charge on any atom is -0.336 e. The highest BCUT2D eigenvalue weighted by Gasteiger charge is 2.29. The number of carbonyl (C=O) groups is 1. The zero-order valence-electron chi connectivity index (χ0n) is 14.1. The molecular weight excluding hydrogens is 310 g/mol. The number of amides is 1. The van der Waals surface area contributed by atoms with Crippen molar-refractivity contribution in [3.8, 4) is 0 Å². The van der Waals surface area contributed by atoms with Gasteiger partial charge in [0.25, 0.3) is 5.56 Å². The molecule has 0 aliphatic carbocycles. The monoisotopic (exact) mass is 333 g/mol. The number of piperidine rings is 1. The van der Waals surface area contributed by atoms with Crippen LogP contribution in [-0.4, -0.2) is 32.4 Å². The molecule has 2 unspecified atom stereocenters. The molecule has 0 saturated carbocycles. The number of likely N-dealkylation sites (tertiary alicyclic amines) is 1. The number of nitrogens with zero attached hydrogens (tertiary/aromatic N) is 3. The van der Waals surface area contributed by atoms with E-state index in [9.17, 15) is 9.59 Å². The highest BCUT2D eigenvalue weighted by atomic mass is 32.1. The fourth-order valence-electron chi connectivity index (χ4n) is 3.52. The third-order valence-electron chi connectivity index (χ3n) is 4.94. The summed E-state index contributed by atoms with van der Waals surface area (Å²) in [6.07, 6.45) is 4.74. The number of aryl methyl sites for hydroxylation is 2. The minimum atomic E-state index is -0.109. The Morgan fingerprint density at radius 1 is 1.30 bits per heavy atom. The SMILES string of the molecule is Cc1sc2ncn(CC(=O)N3C(C)CCCC3C)c(=O)c2c1C. The van der Waals surface area contributed by atoms with Gasteiger partial charge in [0.15, 0.2) is 0 Å². The Morgan fingerprint density at radius 2 is 1.96 bits per heavy atom. The van der Waals surface area contributed by atoms with Gasteiger partial charge in [0.1, 0.15) is 11.4 Å². The molecule has 2 aromatic heterocycles. The quantitative estimate of drug-likeness (QED) is 0.849. The van der Waals surface area contributed by atoms with E-state index in [-0.39, 0.29) is 30.1 Å². The van der Waals surface area contributed by atoms with Crippen molar-refractivity contribution >= 4 is 27.5 Å². The normalized spacial score (nSPS) is 21.8. The van der Waals surface area contributed by atoms with Crippen molar-refractivity contribution in [3.05, 3.63) is 27.1 Å². The van der Waals surface area contributed by atoms with Crippen molar-refractivity contribution in [1.29, 1.82) is 0 Å². The first kappa shape index (κ1) is 16.2. The molecule has 0 aromatic carbocycles. The molecule has 0 spiro atoms. The lowest BCUT2D eigenvalue weighted by Gasteiger charge is -2.39. The largest absolute Gasteiger partial charge is 0.336 e. The third kappa shape index (κ3) is 2.80. The summed E-state index contributed by atoms with van der Waals surface area (Å²) in [5.74, 6) is 0.0116. The zero-order valence-corrected chi connectivity index (χ0v) is 14.9. The predicted molar refractivity (Wildman–Crippen MR) is 93.0 cm³/mol. The highest BCUT2D eigenvalue weighted by molar-refractivity contribution is 7.18. The average Bonchev–Trinajstić information content (AvgIpc) is 2.78. The van der Waals surface area contributed by atoms with Crippen LogP contribution in [0, 0.1) is 13.8 Å². The third-order valence-corrected chi connectivity index (χ3v) is 6.06. The van der Waals surface area contributed by atoms with Crippen LogP contribution in [-0.2, 0) is 11.3 Å². The number of aromatic nitrogens is 2. The van der Waals surface area contributed by atoms with E-state index < -0.39 is 0 Å². The molecule has 1 fully saturated rings. The molecular formula is C17H23N3O2S. The lowest BCUT2D eigenvalue weighted by atomic mass is 9.97. The van der Waals surface area contributed by atoms with Gasteiger partial charge in [0.2, 0.25) is 5.91 Å². The van der Waals surface area contributed by atoms with E-state index in [1.54, 1.807) is 0 Å². The van der Waals surface area contributed by atoms with Crippen LogP contribution in [0.2, 0.25) is 0 Å². The Hall–Kier alpha value is -1.69. The molecule has 0 bridgehead atoms. The number of hydrogen-bond donors (Lipinski definition) is 0. The number of hydrogen-bond acceptors (Lipinski definition) is 4. The Morgan fingerprint density at radius 3 is 2.61 bits per heavy atom. The summed E-state index contributed by atoms with van der Waals surface area (Å²) < 4.78 is 1.46. The maximum Gasteiger partial charge on any atom is 0.262 e. The summed E-state index contributed by atoms with van der Waals surface area (Å²) in [4.78, 5) is 33.6. The fourth-order valence-corrected chi connectivity index (χ4v) is 4.51. The zero-order chi connectivity index (χ0) is 16.7. The topological polar surface area (TPSA) is 55.2 Å². The summed E-state index contributed by atoms with van der Waals surface area (Å²) >= 11 is 1.53. The van der Waals surface area contributed by atoms with Crippen molar-refractivity contribution in [1.82, 2.24) is 14.5 Å². The van der Waals surface area contributed by atoms with Gasteiger partial charge in [-0.1, -0.05) is 0 Å². The molecule has 2 aromatic rings. The van der Waals surface area contributed by atoms with Crippen LogP contribution in [0.4, 0.5) is 0 Å². The lowest BCUT2D eigenvalue weighted by Crippen LogP contribution is -2.49. The van der Waals surface area contributed by atoms with Crippen molar-refractivity contribution in [2.24, 2.45) is 0 Å². The van der Waals surface area contributed by atoms with E-state index in [4.69, 9.17) is 0 Å². The van der Waals surface area contributed by atoms with E-state index in [1.165, 1.54) is 22.2 Å². The molecule has 6 heteroatoms. The summed E-state index contributed by atoms with van der Waals surface area (Å²) in [5.41, 5.74) is 0.867. The van der Waals surface area contributed by atoms with Crippen LogP contribution >= 0.6 is 11.3 Å². The molecule has 3 rings (SSSR count).